The second-order valence-corrected chi connectivity index (χ2v) is 3.54. The van der Waals surface area contributed by atoms with Gasteiger partial charge in [-0.25, -0.2) is 4.98 Å². The summed E-state index contributed by atoms with van der Waals surface area (Å²) in [5.74, 6) is 0.937. The van der Waals surface area contributed by atoms with Crippen molar-refractivity contribution >= 4 is 5.82 Å². The number of hydrogen-bond acceptors (Lipinski definition) is 3. The molecule has 1 rings (SSSR count). The maximum atomic E-state index is 4.18. The maximum absolute atomic E-state index is 4.18. The van der Waals surface area contributed by atoms with Gasteiger partial charge in [-0.3, -0.25) is 0 Å². The zero-order valence-electron chi connectivity index (χ0n) is 9.25. The number of anilines is 1. The van der Waals surface area contributed by atoms with Crippen molar-refractivity contribution in [2.75, 3.05) is 26.0 Å². The first kappa shape index (κ1) is 11.0. The van der Waals surface area contributed by atoms with Gasteiger partial charge in [0.1, 0.15) is 5.82 Å². The normalized spacial score (nSPS) is 10.6. The van der Waals surface area contributed by atoms with Gasteiger partial charge in [0.05, 0.1) is 0 Å². The van der Waals surface area contributed by atoms with Gasteiger partial charge < -0.3 is 10.2 Å². The Morgan fingerprint density at radius 2 is 2.29 bits per heavy atom. The molecule has 0 saturated heterocycles. The standard InChI is InChI=1S/C11H19N3/c1-4-7-14(3)9-10-5-6-13-11(8-10)12-2/h5-6,8H,4,7,9H2,1-3H3,(H,12,13). The second-order valence-electron chi connectivity index (χ2n) is 3.54. The van der Waals surface area contributed by atoms with E-state index in [9.17, 15) is 0 Å². The number of rotatable bonds is 5. The van der Waals surface area contributed by atoms with Crippen molar-refractivity contribution in [3.8, 4) is 0 Å². The molecule has 1 aromatic rings. The first-order valence-corrected chi connectivity index (χ1v) is 5.07. The Kier molecular flexibility index (Phi) is 4.40. The van der Waals surface area contributed by atoms with E-state index >= 15 is 0 Å². The summed E-state index contributed by atoms with van der Waals surface area (Å²) in [6.07, 6.45) is 3.04. The van der Waals surface area contributed by atoms with Crippen molar-refractivity contribution in [3.05, 3.63) is 23.9 Å². The van der Waals surface area contributed by atoms with E-state index in [4.69, 9.17) is 0 Å². The average Bonchev–Trinajstić information content (AvgIpc) is 2.18. The predicted octanol–water partition coefficient (Wildman–Crippen LogP) is 1.97. The van der Waals surface area contributed by atoms with Gasteiger partial charge in [0.2, 0.25) is 0 Å². The number of pyridine rings is 1. The van der Waals surface area contributed by atoms with Crippen LogP contribution in [0.1, 0.15) is 18.9 Å². The minimum atomic E-state index is 0.937. The monoisotopic (exact) mass is 193 g/mol. The fourth-order valence-electron chi connectivity index (χ4n) is 1.48. The van der Waals surface area contributed by atoms with Crippen molar-refractivity contribution < 1.29 is 0 Å². The van der Waals surface area contributed by atoms with Crippen LogP contribution in [-0.2, 0) is 6.54 Å². The lowest BCUT2D eigenvalue weighted by molar-refractivity contribution is 0.327. The second kappa shape index (κ2) is 5.60. The van der Waals surface area contributed by atoms with Crippen molar-refractivity contribution in [3.63, 3.8) is 0 Å². The fourth-order valence-corrected chi connectivity index (χ4v) is 1.48. The maximum Gasteiger partial charge on any atom is 0.125 e. The van der Waals surface area contributed by atoms with Gasteiger partial charge in [-0.2, -0.15) is 0 Å². The molecule has 14 heavy (non-hydrogen) atoms. The van der Waals surface area contributed by atoms with E-state index in [-0.39, 0.29) is 0 Å². The smallest absolute Gasteiger partial charge is 0.125 e. The van der Waals surface area contributed by atoms with Crippen molar-refractivity contribution in [1.29, 1.82) is 0 Å². The van der Waals surface area contributed by atoms with E-state index in [0.717, 1.165) is 18.9 Å². The van der Waals surface area contributed by atoms with Crippen LogP contribution in [-0.4, -0.2) is 30.5 Å². The van der Waals surface area contributed by atoms with E-state index < -0.39 is 0 Å². The lowest BCUT2D eigenvalue weighted by Crippen LogP contribution is -2.18. The molecule has 1 N–H and O–H groups in total. The molecule has 0 spiro atoms. The molecular weight excluding hydrogens is 174 g/mol. The number of hydrogen-bond donors (Lipinski definition) is 1. The third kappa shape index (κ3) is 3.34. The highest BCUT2D eigenvalue weighted by Gasteiger charge is 1.99. The molecule has 0 aliphatic carbocycles. The summed E-state index contributed by atoms with van der Waals surface area (Å²) in [7, 11) is 4.03. The Bertz CT molecular complexity index is 273. The minimum absolute atomic E-state index is 0.937. The molecule has 3 nitrogen and oxygen atoms in total. The van der Waals surface area contributed by atoms with Crippen LogP contribution in [0.2, 0.25) is 0 Å². The molecule has 1 aromatic heterocycles. The summed E-state index contributed by atoms with van der Waals surface area (Å²) in [6.45, 7) is 4.32. The van der Waals surface area contributed by atoms with Crippen LogP contribution < -0.4 is 5.32 Å². The highest BCUT2D eigenvalue weighted by atomic mass is 15.1. The molecule has 0 saturated carbocycles. The SMILES string of the molecule is CCCN(C)Cc1ccnc(NC)c1. The largest absolute Gasteiger partial charge is 0.373 e. The first-order valence-electron chi connectivity index (χ1n) is 5.07. The number of aromatic nitrogens is 1. The molecule has 1 heterocycles. The third-order valence-electron chi connectivity index (χ3n) is 2.14. The molecule has 0 atom stereocenters. The van der Waals surface area contributed by atoms with Gasteiger partial charge in [0.15, 0.2) is 0 Å². The average molecular weight is 193 g/mol. The number of nitrogens with zero attached hydrogens (tertiary/aromatic N) is 2. The van der Waals surface area contributed by atoms with Crippen LogP contribution in [0.4, 0.5) is 5.82 Å². The predicted molar refractivity (Wildman–Crippen MR) is 60.4 cm³/mol. The molecule has 0 radical (unpaired) electrons. The highest BCUT2D eigenvalue weighted by molar-refractivity contribution is 5.36. The van der Waals surface area contributed by atoms with Gasteiger partial charge >= 0.3 is 0 Å². The molecule has 0 unspecified atom stereocenters. The van der Waals surface area contributed by atoms with Gasteiger partial charge in [-0.1, -0.05) is 6.92 Å². The third-order valence-corrected chi connectivity index (χ3v) is 2.14. The Labute approximate surface area is 86.2 Å². The Morgan fingerprint density at radius 1 is 1.50 bits per heavy atom. The summed E-state index contributed by atoms with van der Waals surface area (Å²) >= 11 is 0. The van der Waals surface area contributed by atoms with E-state index in [0.29, 0.717) is 0 Å². The van der Waals surface area contributed by atoms with E-state index in [2.05, 4.69) is 41.3 Å². The van der Waals surface area contributed by atoms with Crippen molar-refractivity contribution in [1.82, 2.24) is 9.88 Å². The molecule has 0 aliphatic rings. The summed E-state index contributed by atoms with van der Waals surface area (Å²) in [5, 5.41) is 3.04. The quantitative estimate of drug-likeness (QED) is 0.775. The van der Waals surface area contributed by atoms with E-state index in [1.54, 1.807) is 0 Å². The van der Waals surface area contributed by atoms with Crippen LogP contribution in [0, 0.1) is 0 Å². The molecule has 78 valence electrons. The van der Waals surface area contributed by atoms with Gasteiger partial charge in [-0.15, -0.1) is 0 Å². The summed E-state index contributed by atoms with van der Waals surface area (Å²) in [4.78, 5) is 6.50. The van der Waals surface area contributed by atoms with Crippen LogP contribution >= 0.6 is 0 Å². The lowest BCUT2D eigenvalue weighted by Gasteiger charge is -2.15. The summed E-state index contributed by atoms with van der Waals surface area (Å²) in [6, 6.07) is 4.15. The summed E-state index contributed by atoms with van der Waals surface area (Å²) in [5.41, 5.74) is 1.31. The van der Waals surface area contributed by atoms with Gasteiger partial charge in [-0.05, 0) is 37.7 Å². The zero-order valence-corrected chi connectivity index (χ0v) is 9.25. The van der Waals surface area contributed by atoms with Crippen molar-refractivity contribution in [2.45, 2.75) is 19.9 Å². The van der Waals surface area contributed by atoms with Crippen LogP contribution in [0.15, 0.2) is 18.3 Å². The molecule has 0 aromatic carbocycles. The van der Waals surface area contributed by atoms with Crippen LogP contribution in [0.5, 0.6) is 0 Å². The summed E-state index contributed by atoms with van der Waals surface area (Å²) < 4.78 is 0. The Morgan fingerprint density at radius 3 is 2.93 bits per heavy atom. The highest BCUT2D eigenvalue weighted by Crippen LogP contribution is 2.08. The minimum Gasteiger partial charge on any atom is -0.373 e. The zero-order chi connectivity index (χ0) is 10.4. The molecule has 0 amide bonds. The molecule has 0 fully saturated rings. The van der Waals surface area contributed by atoms with Crippen LogP contribution in [0.3, 0.4) is 0 Å². The topological polar surface area (TPSA) is 28.2 Å². The van der Waals surface area contributed by atoms with Crippen LogP contribution in [0.25, 0.3) is 0 Å². The molecular formula is C11H19N3. The van der Waals surface area contributed by atoms with Crippen molar-refractivity contribution in [2.24, 2.45) is 0 Å². The molecule has 3 heteroatoms. The lowest BCUT2D eigenvalue weighted by atomic mass is 10.2. The molecule has 0 bridgehead atoms. The van der Waals surface area contributed by atoms with Gasteiger partial charge in [0, 0.05) is 19.8 Å². The first-order chi connectivity index (χ1) is 6.76. The van der Waals surface area contributed by atoms with Gasteiger partial charge in [0.25, 0.3) is 0 Å². The van der Waals surface area contributed by atoms with E-state index in [1.807, 2.05) is 13.2 Å². The fraction of sp³-hybridized carbons (Fsp3) is 0.545. The Balaban J connectivity index is 2.57. The number of nitrogens with one attached hydrogen (secondary N) is 1. The molecule has 0 aliphatic heterocycles. The Hall–Kier alpha value is -1.09. The van der Waals surface area contributed by atoms with E-state index in [1.165, 1.54) is 12.0 Å².